The highest BCUT2D eigenvalue weighted by Crippen LogP contribution is 2.11. The molecule has 19 heavy (non-hydrogen) atoms. The fraction of sp³-hybridized carbons (Fsp3) is 0.647. The predicted molar refractivity (Wildman–Crippen MR) is 82.6 cm³/mol. The van der Waals surface area contributed by atoms with Crippen molar-refractivity contribution in [2.45, 2.75) is 45.6 Å². The van der Waals surface area contributed by atoms with Gasteiger partial charge in [-0.05, 0) is 69.9 Å². The van der Waals surface area contributed by atoms with Gasteiger partial charge in [0.25, 0.3) is 0 Å². The van der Waals surface area contributed by atoms with E-state index in [1.165, 1.54) is 50.0 Å². The second-order valence-corrected chi connectivity index (χ2v) is 5.75. The zero-order valence-electron chi connectivity index (χ0n) is 12.5. The maximum atomic E-state index is 3.73. The van der Waals surface area contributed by atoms with Crippen LogP contribution in [0.1, 0.15) is 37.3 Å². The Hall–Kier alpha value is -0.860. The molecule has 106 valence electrons. The van der Waals surface area contributed by atoms with E-state index in [1.54, 1.807) is 0 Å². The molecule has 2 nitrogen and oxygen atoms in total. The lowest BCUT2D eigenvalue weighted by Gasteiger charge is -2.32. The first-order valence-corrected chi connectivity index (χ1v) is 7.80. The molecular formula is C17H28N2. The molecule has 0 amide bonds. The number of hydrogen-bond acceptors (Lipinski definition) is 2. The van der Waals surface area contributed by atoms with Gasteiger partial charge >= 0.3 is 0 Å². The van der Waals surface area contributed by atoms with Crippen molar-refractivity contribution < 1.29 is 0 Å². The van der Waals surface area contributed by atoms with Gasteiger partial charge in [0.15, 0.2) is 0 Å². The number of piperidine rings is 1. The summed E-state index contributed by atoms with van der Waals surface area (Å²) in [5, 5.41) is 3.73. The fourth-order valence-electron chi connectivity index (χ4n) is 2.98. The van der Waals surface area contributed by atoms with E-state index in [9.17, 15) is 0 Å². The number of hydrogen-bond donors (Lipinski definition) is 1. The van der Waals surface area contributed by atoms with Gasteiger partial charge in [-0.1, -0.05) is 31.2 Å². The van der Waals surface area contributed by atoms with Crippen LogP contribution in [0.3, 0.4) is 0 Å². The normalized spacial score (nSPS) is 17.8. The first-order valence-electron chi connectivity index (χ1n) is 7.80. The van der Waals surface area contributed by atoms with E-state index in [4.69, 9.17) is 0 Å². The summed E-state index contributed by atoms with van der Waals surface area (Å²) >= 11 is 0. The van der Waals surface area contributed by atoms with E-state index in [1.807, 2.05) is 0 Å². The molecule has 0 saturated carbocycles. The monoisotopic (exact) mass is 260 g/mol. The number of nitrogens with one attached hydrogen (secondary N) is 1. The number of rotatable bonds is 6. The smallest absolute Gasteiger partial charge is 0.00915 e. The topological polar surface area (TPSA) is 15.3 Å². The quantitative estimate of drug-likeness (QED) is 0.846. The molecule has 1 aliphatic rings. The Morgan fingerprint density at radius 2 is 1.95 bits per heavy atom. The van der Waals surface area contributed by atoms with Crippen molar-refractivity contribution in [2.75, 3.05) is 26.2 Å². The average Bonchev–Trinajstić information content (AvgIpc) is 2.43. The van der Waals surface area contributed by atoms with Gasteiger partial charge in [0.05, 0.1) is 0 Å². The summed E-state index contributed by atoms with van der Waals surface area (Å²) in [5.41, 5.74) is 2.90. The predicted octanol–water partition coefficient (Wildman–Crippen LogP) is 3.00. The number of likely N-dealkylation sites (tertiary alicyclic amines) is 1. The van der Waals surface area contributed by atoms with Crippen LogP contribution in [0, 0.1) is 6.92 Å². The van der Waals surface area contributed by atoms with Gasteiger partial charge in [0.1, 0.15) is 0 Å². The summed E-state index contributed by atoms with van der Waals surface area (Å²) in [6.45, 7) is 9.41. The van der Waals surface area contributed by atoms with Crippen molar-refractivity contribution in [2.24, 2.45) is 0 Å². The first kappa shape index (κ1) is 14.5. The highest BCUT2D eigenvalue weighted by Gasteiger charge is 2.17. The summed E-state index contributed by atoms with van der Waals surface area (Å²) in [6, 6.07) is 9.46. The Labute approximate surface area is 118 Å². The van der Waals surface area contributed by atoms with Crippen LogP contribution in [0.15, 0.2) is 24.3 Å². The van der Waals surface area contributed by atoms with Crippen molar-refractivity contribution in [3.05, 3.63) is 35.4 Å². The van der Waals surface area contributed by atoms with E-state index in [2.05, 4.69) is 48.3 Å². The Balaban J connectivity index is 1.66. The summed E-state index contributed by atoms with van der Waals surface area (Å²) in [5.74, 6) is 0. The molecule has 0 bridgehead atoms. The molecular weight excluding hydrogens is 232 g/mol. The Bertz CT molecular complexity index is 367. The van der Waals surface area contributed by atoms with E-state index >= 15 is 0 Å². The second kappa shape index (κ2) is 7.66. The molecule has 0 aromatic heterocycles. The Morgan fingerprint density at radius 3 is 2.63 bits per heavy atom. The average molecular weight is 260 g/mol. The zero-order chi connectivity index (χ0) is 13.5. The molecule has 1 N–H and O–H groups in total. The molecule has 1 fully saturated rings. The van der Waals surface area contributed by atoms with Gasteiger partial charge in [0.2, 0.25) is 0 Å². The number of benzene rings is 1. The van der Waals surface area contributed by atoms with E-state index in [0.29, 0.717) is 0 Å². The van der Waals surface area contributed by atoms with E-state index < -0.39 is 0 Å². The molecule has 1 aliphatic heterocycles. The van der Waals surface area contributed by atoms with Gasteiger partial charge < -0.3 is 10.2 Å². The van der Waals surface area contributed by atoms with Crippen LogP contribution in [0.5, 0.6) is 0 Å². The van der Waals surface area contributed by atoms with E-state index in [0.717, 1.165) is 19.0 Å². The number of nitrogens with zero attached hydrogens (tertiary/aromatic N) is 1. The third-order valence-corrected chi connectivity index (χ3v) is 4.22. The molecule has 2 heteroatoms. The maximum Gasteiger partial charge on any atom is 0.00915 e. The molecule has 1 saturated heterocycles. The summed E-state index contributed by atoms with van der Waals surface area (Å²) in [4.78, 5) is 2.60. The van der Waals surface area contributed by atoms with Crippen LogP contribution >= 0.6 is 0 Å². The lowest BCUT2D eigenvalue weighted by molar-refractivity contribution is 0.198. The Kier molecular flexibility index (Phi) is 5.87. The van der Waals surface area contributed by atoms with Crippen LogP contribution in [0.25, 0.3) is 0 Å². The zero-order valence-corrected chi connectivity index (χ0v) is 12.5. The molecule has 0 aliphatic carbocycles. The van der Waals surface area contributed by atoms with E-state index in [-0.39, 0.29) is 0 Å². The lowest BCUT2D eigenvalue weighted by Crippen LogP contribution is -2.43. The third-order valence-electron chi connectivity index (χ3n) is 4.22. The van der Waals surface area contributed by atoms with Crippen LogP contribution in [0.4, 0.5) is 0 Å². The van der Waals surface area contributed by atoms with Crippen LogP contribution < -0.4 is 5.32 Å². The minimum atomic E-state index is 0.733. The second-order valence-electron chi connectivity index (χ2n) is 5.75. The molecule has 0 unspecified atom stereocenters. The third kappa shape index (κ3) is 4.63. The molecule has 1 aromatic rings. The highest BCUT2D eigenvalue weighted by molar-refractivity contribution is 5.25. The molecule has 0 atom stereocenters. The summed E-state index contributed by atoms with van der Waals surface area (Å²) < 4.78 is 0. The van der Waals surface area contributed by atoms with Crippen LogP contribution in [0.2, 0.25) is 0 Å². The van der Waals surface area contributed by atoms with Crippen molar-refractivity contribution in [3.63, 3.8) is 0 Å². The Morgan fingerprint density at radius 1 is 1.21 bits per heavy atom. The van der Waals surface area contributed by atoms with Gasteiger partial charge in [0, 0.05) is 6.04 Å². The summed E-state index contributed by atoms with van der Waals surface area (Å²) in [6.07, 6.45) is 5.06. The maximum absolute atomic E-state index is 3.73. The number of aryl methyl sites for hydroxylation is 1. The first-order chi connectivity index (χ1) is 9.29. The van der Waals surface area contributed by atoms with Crippen LogP contribution in [-0.2, 0) is 6.42 Å². The lowest BCUT2D eigenvalue weighted by atomic mass is 10.0. The van der Waals surface area contributed by atoms with Gasteiger partial charge in [-0.2, -0.15) is 0 Å². The molecule has 1 aromatic carbocycles. The molecule has 0 spiro atoms. The minimum absolute atomic E-state index is 0.733. The van der Waals surface area contributed by atoms with Gasteiger partial charge in [-0.25, -0.2) is 0 Å². The molecule has 1 heterocycles. The molecule has 0 radical (unpaired) electrons. The highest BCUT2D eigenvalue weighted by atomic mass is 15.1. The van der Waals surface area contributed by atoms with Gasteiger partial charge in [-0.15, -0.1) is 0 Å². The van der Waals surface area contributed by atoms with Crippen molar-refractivity contribution in [1.29, 1.82) is 0 Å². The van der Waals surface area contributed by atoms with Crippen molar-refractivity contribution in [1.82, 2.24) is 10.2 Å². The van der Waals surface area contributed by atoms with Crippen molar-refractivity contribution in [3.8, 4) is 0 Å². The standard InChI is InChI=1S/C17H28N2/c1-3-12-19-13-9-17(10-14-19)18-11-8-16-7-5-4-6-15(16)2/h4-7,17-18H,3,8-14H2,1-2H3. The molecule has 2 rings (SSSR count). The fourth-order valence-corrected chi connectivity index (χ4v) is 2.98. The summed E-state index contributed by atoms with van der Waals surface area (Å²) in [7, 11) is 0. The van der Waals surface area contributed by atoms with Crippen molar-refractivity contribution >= 4 is 0 Å². The van der Waals surface area contributed by atoms with Crippen LogP contribution in [-0.4, -0.2) is 37.1 Å². The SMILES string of the molecule is CCCN1CCC(NCCc2ccccc2C)CC1. The minimum Gasteiger partial charge on any atom is -0.314 e. The van der Waals surface area contributed by atoms with Gasteiger partial charge in [-0.3, -0.25) is 0 Å². The largest absolute Gasteiger partial charge is 0.314 e.